The summed E-state index contributed by atoms with van der Waals surface area (Å²) in [6.45, 7) is 6.65. The highest BCUT2D eigenvalue weighted by Crippen LogP contribution is 2.50. The maximum absolute atomic E-state index is 6.52. The highest BCUT2D eigenvalue weighted by molar-refractivity contribution is 5.90. The first kappa shape index (κ1) is 31.4. The SMILES string of the molecule is C/C=C(\c1ccccc1CC)N(c1ccc(C2=C3Oc4ccccc4C3C(C)C=C2)cc1)c1ccc(-c2ccc(-c3ccccc3)cc2)cc1. The zero-order valence-corrected chi connectivity index (χ0v) is 28.9. The van der Waals surface area contributed by atoms with Crippen molar-refractivity contribution in [2.75, 3.05) is 4.90 Å². The number of ether oxygens (including phenoxy) is 1. The van der Waals surface area contributed by atoms with E-state index in [0.717, 1.165) is 40.4 Å². The van der Waals surface area contributed by atoms with Crippen molar-refractivity contribution in [1.82, 2.24) is 0 Å². The lowest BCUT2D eigenvalue weighted by Gasteiger charge is -2.30. The number of rotatable bonds is 8. The van der Waals surface area contributed by atoms with Crippen LogP contribution in [-0.2, 0) is 6.42 Å². The summed E-state index contributed by atoms with van der Waals surface area (Å²) in [5.74, 6) is 2.67. The second-order valence-corrected chi connectivity index (χ2v) is 13.2. The van der Waals surface area contributed by atoms with E-state index >= 15 is 0 Å². The molecule has 0 radical (unpaired) electrons. The minimum Gasteiger partial charge on any atom is -0.460 e. The molecule has 0 N–H and O–H groups in total. The quantitative estimate of drug-likeness (QED) is 0.163. The number of hydrogen-bond donors (Lipinski definition) is 0. The molecule has 0 fully saturated rings. The van der Waals surface area contributed by atoms with Gasteiger partial charge in [0.05, 0.1) is 5.92 Å². The van der Waals surface area contributed by atoms with E-state index in [-0.39, 0.29) is 5.92 Å². The van der Waals surface area contributed by atoms with Crippen LogP contribution >= 0.6 is 0 Å². The molecule has 1 heterocycles. The Balaban J connectivity index is 1.16. The molecule has 2 atom stereocenters. The molecule has 0 saturated carbocycles. The summed E-state index contributed by atoms with van der Waals surface area (Å²) < 4.78 is 6.52. The lowest BCUT2D eigenvalue weighted by Crippen LogP contribution is -2.17. The van der Waals surface area contributed by atoms with Gasteiger partial charge in [-0.2, -0.15) is 0 Å². The Morgan fingerprint density at radius 1 is 0.620 bits per heavy atom. The zero-order valence-electron chi connectivity index (χ0n) is 28.9. The third-order valence-corrected chi connectivity index (χ3v) is 10.2. The molecule has 50 heavy (non-hydrogen) atoms. The molecule has 2 heteroatoms. The van der Waals surface area contributed by atoms with Crippen molar-refractivity contribution in [3.05, 3.63) is 198 Å². The second-order valence-electron chi connectivity index (χ2n) is 13.2. The fourth-order valence-electron chi connectivity index (χ4n) is 7.57. The topological polar surface area (TPSA) is 12.5 Å². The van der Waals surface area contributed by atoms with Gasteiger partial charge in [-0.3, -0.25) is 0 Å². The van der Waals surface area contributed by atoms with Gasteiger partial charge in [0.2, 0.25) is 0 Å². The Hall–Kier alpha value is -5.86. The first-order chi connectivity index (χ1) is 24.6. The Bertz CT molecular complexity index is 2220. The van der Waals surface area contributed by atoms with Crippen LogP contribution in [-0.4, -0.2) is 0 Å². The van der Waals surface area contributed by atoms with Crippen molar-refractivity contribution < 1.29 is 4.74 Å². The molecule has 0 saturated heterocycles. The number of anilines is 2. The van der Waals surface area contributed by atoms with E-state index in [9.17, 15) is 0 Å². The van der Waals surface area contributed by atoms with E-state index in [4.69, 9.17) is 4.74 Å². The van der Waals surface area contributed by atoms with Gasteiger partial charge in [-0.15, -0.1) is 0 Å². The molecule has 2 aliphatic rings. The van der Waals surface area contributed by atoms with Gasteiger partial charge >= 0.3 is 0 Å². The van der Waals surface area contributed by atoms with E-state index in [1.807, 2.05) is 0 Å². The zero-order chi connectivity index (χ0) is 34.0. The van der Waals surface area contributed by atoms with Crippen LogP contribution in [0.5, 0.6) is 5.75 Å². The molecule has 8 rings (SSSR count). The highest BCUT2D eigenvalue weighted by atomic mass is 16.5. The van der Waals surface area contributed by atoms with Gasteiger partial charge in [0.15, 0.2) is 0 Å². The summed E-state index contributed by atoms with van der Waals surface area (Å²) in [6.07, 6.45) is 7.77. The number of hydrogen-bond acceptors (Lipinski definition) is 2. The molecular formula is C48H41NO. The molecule has 0 spiro atoms. The van der Waals surface area contributed by atoms with Gasteiger partial charge in [-0.1, -0.05) is 153 Å². The lowest BCUT2D eigenvalue weighted by molar-refractivity contribution is 0.408. The molecule has 1 aliphatic carbocycles. The molecule has 6 aromatic carbocycles. The van der Waals surface area contributed by atoms with Gasteiger partial charge in [-0.25, -0.2) is 0 Å². The summed E-state index contributed by atoms with van der Waals surface area (Å²) >= 11 is 0. The van der Waals surface area contributed by atoms with Crippen LogP contribution in [0.25, 0.3) is 33.5 Å². The van der Waals surface area contributed by atoms with E-state index in [1.54, 1.807) is 0 Å². The van der Waals surface area contributed by atoms with E-state index in [1.165, 1.54) is 44.6 Å². The Morgan fingerprint density at radius 3 is 1.80 bits per heavy atom. The smallest absolute Gasteiger partial charge is 0.130 e. The van der Waals surface area contributed by atoms with Crippen molar-refractivity contribution in [1.29, 1.82) is 0 Å². The summed E-state index contributed by atoms with van der Waals surface area (Å²) in [6, 6.07) is 54.6. The number of benzene rings is 6. The number of aryl methyl sites for hydroxylation is 1. The van der Waals surface area contributed by atoms with Crippen LogP contribution in [0.15, 0.2) is 176 Å². The fraction of sp³-hybridized carbons (Fsp3) is 0.125. The lowest BCUT2D eigenvalue weighted by atomic mass is 9.80. The fourth-order valence-corrected chi connectivity index (χ4v) is 7.57. The van der Waals surface area contributed by atoms with Crippen molar-refractivity contribution in [3.63, 3.8) is 0 Å². The second kappa shape index (κ2) is 13.6. The Kier molecular flexibility index (Phi) is 8.52. The van der Waals surface area contributed by atoms with Crippen LogP contribution < -0.4 is 9.64 Å². The average molecular weight is 648 g/mol. The number of para-hydroxylation sites is 1. The maximum atomic E-state index is 6.52. The summed E-state index contributed by atoms with van der Waals surface area (Å²) in [4.78, 5) is 2.39. The first-order valence-corrected chi connectivity index (χ1v) is 17.7. The van der Waals surface area contributed by atoms with Crippen molar-refractivity contribution in [3.8, 4) is 28.0 Å². The van der Waals surface area contributed by atoms with Gasteiger partial charge in [-0.05, 0) is 83.0 Å². The summed E-state index contributed by atoms with van der Waals surface area (Å²) in [5, 5.41) is 0. The molecular weight excluding hydrogens is 607 g/mol. The van der Waals surface area contributed by atoms with Crippen LogP contribution in [0.3, 0.4) is 0 Å². The Labute approximate surface area is 296 Å². The normalized spacial score (nSPS) is 16.5. The molecule has 244 valence electrons. The van der Waals surface area contributed by atoms with Crippen LogP contribution in [0.2, 0.25) is 0 Å². The minimum absolute atomic E-state index is 0.246. The van der Waals surface area contributed by atoms with Gasteiger partial charge in [0.1, 0.15) is 11.5 Å². The molecule has 1 aliphatic heterocycles. The number of nitrogens with zero attached hydrogens (tertiary/aromatic N) is 1. The molecule has 2 unspecified atom stereocenters. The van der Waals surface area contributed by atoms with Crippen molar-refractivity contribution >= 4 is 22.6 Å². The van der Waals surface area contributed by atoms with E-state index in [0.29, 0.717) is 5.92 Å². The third kappa shape index (κ3) is 5.77. The first-order valence-electron chi connectivity index (χ1n) is 17.7. The van der Waals surface area contributed by atoms with Crippen LogP contribution in [0.1, 0.15) is 48.9 Å². The largest absolute Gasteiger partial charge is 0.460 e. The van der Waals surface area contributed by atoms with Crippen LogP contribution in [0, 0.1) is 5.92 Å². The summed E-state index contributed by atoms with van der Waals surface area (Å²) in [5.41, 5.74) is 14.4. The minimum atomic E-state index is 0.246. The number of fused-ring (bicyclic) bond motifs is 3. The highest BCUT2D eigenvalue weighted by Gasteiger charge is 2.36. The maximum Gasteiger partial charge on any atom is 0.130 e. The predicted octanol–water partition coefficient (Wildman–Crippen LogP) is 12.9. The van der Waals surface area contributed by atoms with Gasteiger partial charge in [0, 0.05) is 33.8 Å². The predicted molar refractivity (Wildman–Crippen MR) is 210 cm³/mol. The molecule has 0 aromatic heterocycles. The molecule has 0 bridgehead atoms. The Morgan fingerprint density at radius 2 is 1.16 bits per heavy atom. The molecule has 2 nitrogen and oxygen atoms in total. The summed E-state index contributed by atoms with van der Waals surface area (Å²) in [7, 11) is 0. The van der Waals surface area contributed by atoms with E-state index < -0.39 is 0 Å². The third-order valence-electron chi connectivity index (χ3n) is 10.2. The van der Waals surface area contributed by atoms with Crippen molar-refractivity contribution in [2.24, 2.45) is 5.92 Å². The van der Waals surface area contributed by atoms with Gasteiger partial charge in [0.25, 0.3) is 0 Å². The average Bonchev–Trinajstić information content (AvgIpc) is 3.58. The monoisotopic (exact) mass is 647 g/mol. The number of allylic oxidation sites excluding steroid dienone is 5. The van der Waals surface area contributed by atoms with Crippen molar-refractivity contribution in [2.45, 2.75) is 33.1 Å². The standard InChI is InChI=1S/C48H41NO/c1-4-34-13-9-10-16-42(34)45(5-2)49(40-28-24-38(25-29-40)37-22-20-36(21-23-37)35-14-7-6-8-15-35)41-30-26-39(27-31-41)43-32-19-33(3)47-44-17-11-12-18-46(44)50-48(43)47/h5-33,47H,4H2,1-3H3/b45-5+. The molecule has 0 amide bonds. The molecule has 6 aromatic rings. The van der Waals surface area contributed by atoms with Crippen LogP contribution in [0.4, 0.5) is 11.4 Å². The van der Waals surface area contributed by atoms with Gasteiger partial charge < -0.3 is 9.64 Å². The van der Waals surface area contributed by atoms with E-state index in [2.05, 4.69) is 196 Å².